The van der Waals surface area contributed by atoms with Crippen LogP contribution in [0.25, 0.3) is 0 Å². The van der Waals surface area contributed by atoms with E-state index in [1.807, 2.05) is 24.6 Å². The Bertz CT molecular complexity index is 365. The highest BCUT2D eigenvalue weighted by atomic mass is 32.2. The van der Waals surface area contributed by atoms with Gasteiger partial charge in [0.1, 0.15) is 6.04 Å². The molecule has 0 amide bonds. The molecule has 0 unspecified atom stereocenters. The average molecular weight is 243 g/mol. The van der Waals surface area contributed by atoms with E-state index in [0.29, 0.717) is 5.75 Å². The quantitative estimate of drug-likeness (QED) is 0.774. The predicted octanol–water partition coefficient (Wildman–Crippen LogP) is 0.857. The molecule has 0 bridgehead atoms. The van der Waals surface area contributed by atoms with Gasteiger partial charge in [-0.3, -0.25) is 9.48 Å². The lowest BCUT2D eigenvalue weighted by molar-refractivity contribution is -0.137. The van der Waals surface area contributed by atoms with Crippen LogP contribution in [0.3, 0.4) is 0 Å². The summed E-state index contributed by atoms with van der Waals surface area (Å²) in [6.45, 7) is 4.81. The number of carboxylic acids is 1. The molecule has 0 saturated carbocycles. The summed E-state index contributed by atoms with van der Waals surface area (Å²) >= 11 is 1.52. The number of hydrogen-bond donors (Lipinski definition) is 2. The molecule has 1 heterocycles. The van der Waals surface area contributed by atoms with Gasteiger partial charge < -0.3 is 10.8 Å². The van der Waals surface area contributed by atoms with Gasteiger partial charge in [0, 0.05) is 23.7 Å². The van der Waals surface area contributed by atoms with Crippen LogP contribution in [0.2, 0.25) is 0 Å². The van der Waals surface area contributed by atoms with Gasteiger partial charge in [-0.05, 0) is 19.9 Å². The van der Waals surface area contributed by atoms with Crippen molar-refractivity contribution in [1.29, 1.82) is 0 Å². The number of aliphatic carboxylic acids is 1. The molecule has 0 fully saturated rings. The van der Waals surface area contributed by atoms with Crippen molar-refractivity contribution in [3.05, 3.63) is 17.5 Å². The lowest BCUT2D eigenvalue weighted by Gasteiger charge is -2.07. The molecule has 90 valence electrons. The molecular weight excluding hydrogens is 226 g/mol. The van der Waals surface area contributed by atoms with Crippen LogP contribution < -0.4 is 5.73 Å². The number of aryl methyl sites for hydroxylation is 2. The first kappa shape index (κ1) is 13.1. The van der Waals surface area contributed by atoms with Crippen molar-refractivity contribution < 1.29 is 9.90 Å². The van der Waals surface area contributed by atoms with Gasteiger partial charge >= 0.3 is 5.97 Å². The molecule has 16 heavy (non-hydrogen) atoms. The molecule has 1 aromatic heterocycles. The van der Waals surface area contributed by atoms with Gasteiger partial charge in [0.25, 0.3) is 0 Å². The Hall–Kier alpha value is -1.01. The van der Waals surface area contributed by atoms with Gasteiger partial charge in [-0.15, -0.1) is 0 Å². The summed E-state index contributed by atoms with van der Waals surface area (Å²) in [5.74, 6) is 0.214. The van der Waals surface area contributed by atoms with E-state index in [2.05, 4.69) is 5.10 Å². The smallest absolute Gasteiger partial charge is 0.321 e. The third kappa shape index (κ3) is 3.53. The first-order valence-corrected chi connectivity index (χ1v) is 6.29. The zero-order valence-corrected chi connectivity index (χ0v) is 10.3. The Morgan fingerprint density at radius 1 is 1.75 bits per heavy atom. The van der Waals surface area contributed by atoms with E-state index in [1.165, 1.54) is 11.8 Å². The number of nitrogens with zero attached hydrogens (tertiary/aromatic N) is 2. The largest absolute Gasteiger partial charge is 0.480 e. The topological polar surface area (TPSA) is 81.1 Å². The number of carbonyl (C=O) groups is 1. The highest BCUT2D eigenvalue weighted by Gasteiger charge is 2.12. The maximum Gasteiger partial charge on any atom is 0.321 e. The van der Waals surface area contributed by atoms with Gasteiger partial charge in [0.15, 0.2) is 0 Å². The van der Waals surface area contributed by atoms with E-state index in [9.17, 15) is 4.79 Å². The number of thioether (sulfide) groups is 1. The van der Waals surface area contributed by atoms with Crippen LogP contribution >= 0.6 is 11.8 Å². The Morgan fingerprint density at radius 3 is 3.00 bits per heavy atom. The summed E-state index contributed by atoms with van der Waals surface area (Å²) in [4.78, 5) is 10.5. The molecule has 1 aromatic rings. The highest BCUT2D eigenvalue weighted by molar-refractivity contribution is 7.98. The second-order valence-electron chi connectivity index (χ2n) is 3.55. The number of nitrogens with two attached hydrogens (primary N) is 1. The monoisotopic (exact) mass is 243 g/mol. The molecule has 0 aromatic carbocycles. The van der Waals surface area contributed by atoms with Crippen LogP contribution in [-0.4, -0.2) is 32.7 Å². The molecule has 0 aliphatic carbocycles. The van der Waals surface area contributed by atoms with Gasteiger partial charge in [0.2, 0.25) is 0 Å². The lowest BCUT2D eigenvalue weighted by Crippen LogP contribution is -2.32. The van der Waals surface area contributed by atoms with Crippen molar-refractivity contribution in [3.8, 4) is 0 Å². The summed E-state index contributed by atoms with van der Waals surface area (Å²) < 4.78 is 1.93. The van der Waals surface area contributed by atoms with E-state index >= 15 is 0 Å². The van der Waals surface area contributed by atoms with E-state index in [1.54, 1.807) is 0 Å². The normalized spacial score (nSPS) is 12.7. The average Bonchev–Trinajstić information content (AvgIpc) is 2.58. The maximum atomic E-state index is 10.5. The SMILES string of the molecule is CCn1nc(C)cc1CSC[C@H](N)C(=O)O. The third-order valence-corrected chi connectivity index (χ3v) is 3.24. The fraction of sp³-hybridized carbons (Fsp3) is 0.600. The number of aromatic nitrogens is 2. The summed E-state index contributed by atoms with van der Waals surface area (Å²) in [7, 11) is 0. The van der Waals surface area contributed by atoms with Crippen molar-refractivity contribution in [3.63, 3.8) is 0 Å². The Balaban J connectivity index is 2.45. The fourth-order valence-electron chi connectivity index (χ4n) is 1.35. The maximum absolute atomic E-state index is 10.5. The minimum Gasteiger partial charge on any atom is -0.480 e. The number of rotatable bonds is 6. The van der Waals surface area contributed by atoms with Gasteiger partial charge in [-0.2, -0.15) is 16.9 Å². The minimum absolute atomic E-state index is 0.420. The van der Waals surface area contributed by atoms with Gasteiger partial charge in [-0.25, -0.2) is 0 Å². The van der Waals surface area contributed by atoms with Crippen LogP contribution in [0.1, 0.15) is 18.3 Å². The summed E-state index contributed by atoms with van der Waals surface area (Å²) in [5, 5.41) is 12.9. The summed E-state index contributed by atoms with van der Waals surface area (Å²) in [6.07, 6.45) is 0. The molecule has 0 aliphatic rings. The van der Waals surface area contributed by atoms with E-state index < -0.39 is 12.0 Å². The van der Waals surface area contributed by atoms with Crippen molar-refractivity contribution in [1.82, 2.24) is 9.78 Å². The standard InChI is InChI=1S/C10H17N3O2S/c1-3-13-8(4-7(2)12-13)5-16-6-9(11)10(14)15/h4,9H,3,5-6,11H2,1-2H3,(H,14,15)/t9-/m0/s1. The molecule has 5 nitrogen and oxygen atoms in total. The second kappa shape index (κ2) is 5.91. The highest BCUT2D eigenvalue weighted by Crippen LogP contribution is 2.14. The first-order chi connectivity index (χ1) is 7.54. The predicted molar refractivity (Wildman–Crippen MR) is 64.4 cm³/mol. The molecule has 1 rings (SSSR count). The van der Waals surface area contributed by atoms with Crippen molar-refractivity contribution in [2.45, 2.75) is 32.2 Å². The Kier molecular flexibility index (Phi) is 4.82. The number of hydrogen-bond acceptors (Lipinski definition) is 4. The van der Waals surface area contributed by atoms with Gasteiger partial charge in [-0.1, -0.05) is 0 Å². The summed E-state index contributed by atoms with van der Waals surface area (Å²) in [6, 6.07) is 1.23. The van der Waals surface area contributed by atoms with Crippen molar-refractivity contribution in [2.75, 3.05) is 5.75 Å². The molecule has 0 radical (unpaired) electrons. The van der Waals surface area contributed by atoms with Crippen LogP contribution in [0.4, 0.5) is 0 Å². The zero-order chi connectivity index (χ0) is 12.1. The molecule has 1 atom stereocenters. The Morgan fingerprint density at radius 2 is 2.44 bits per heavy atom. The lowest BCUT2D eigenvalue weighted by atomic mass is 10.4. The third-order valence-electron chi connectivity index (χ3n) is 2.15. The molecule has 6 heteroatoms. The fourth-order valence-corrected chi connectivity index (χ4v) is 2.31. The van der Waals surface area contributed by atoms with E-state index in [-0.39, 0.29) is 0 Å². The van der Waals surface area contributed by atoms with Crippen LogP contribution in [0.5, 0.6) is 0 Å². The minimum atomic E-state index is -0.951. The second-order valence-corrected chi connectivity index (χ2v) is 4.58. The molecule has 0 saturated heterocycles. The number of carboxylic acid groups (broad SMARTS) is 1. The van der Waals surface area contributed by atoms with Gasteiger partial charge in [0.05, 0.1) is 5.69 Å². The van der Waals surface area contributed by atoms with Crippen LogP contribution in [-0.2, 0) is 17.1 Å². The van der Waals surface area contributed by atoms with E-state index in [4.69, 9.17) is 10.8 Å². The van der Waals surface area contributed by atoms with Crippen molar-refractivity contribution in [2.24, 2.45) is 5.73 Å². The summed E-state index contributed by atoms with van der Waals surface area (Å²) in [5.41, 5.74) is 7.51. The molecule has 0 aliphatic heterocycles. The van der Waals surface area contributed by atoms with Crippen molar-refractivity contribution >= 4 is 17.7 Å². The Labute approximate surface area is 99.0 Å². The molecule has 3 N–H and O–H groups in total. The van der Waals surface area contributed by atoms with Crippen LogP contribution in [0.15, 0.2) is 6.07 Å². The molecular formula is C10H17N3O2S. The van der Waals surface area contributed by atoms with E-state index in [0.717, 1.165) is 23.7 Å². The van der Waals surface area contributed by atoms with Crippen LogP contribution in [0, 0.1) is 6.92 Å². The first-order valence-electron chi connectivity index (χ1n) is 5.14. The molecule has 0 spiro atoms. The zero-order valence-electron chi connectivity index (χ0n) is 9.51.